The number of benzene rings is 2. The molecule has 224 valence electrons. The molecule has 1 atom stereocenters. The van der Waals surface area contributed by atoms with Gasteiger partial charge in [-0.2, -0.15) is 5.10 Å². The van der Waals surface area contributed by atoms with Crippen LogP contribution in [0.1, 0.15) is 42.5 Å². The summed E-state index contributed by atoms with van der Waals surface area (Å²) in [4.78, 5) is 37.5. The van der Waals surface area contributed by atoms with Gasteiger partial charge in [-0.25, -0.2) is 14.1 Å². The maximum Gasteiger partial charge on any atom is 0.264 e. The van der Waals surface area contributed by atoms with Crippen molar-refractivity contribution in [3.63, 3.8) is 0 Å². The quantitative estimate of drug-likeness (QED) is 0.384. The van der Waals surface area contributed by atoms with Gasteiger partial charge in [-0.05, 0) is 80.8 Å². The first-order valence-corrected chi connectivity index (χ1v) is 15.2. The molecular formula is C32H36FN7O3. The van der Waals surface area contributed by atoms with Crippen molar-refractivity contribution in [2.24, 2.45) is 0 Å². The summed E-state index contributed by atoms with van der Waals surface area (Å²) in [6.07, 6.45) is 7.51. The highest BCUT2D eigenvalue weighted by molar-refractivity contribution is 5.94. The van der Waals surface area contributed by atoms with Crippen molar-refractivity contribution in [1.82, 2.24) is 29.1 Å². The van der Waals surface area contributed by atoms with E-state index in [0.29, 0.717) is 48.6 Å². The van der Waals surface area contributed by atoms with Gasteiger partial charge in [-0.1, -0.05) is 6.42 Å². The van der Waals surface area contributed by atoms with Gasteiger partial charge in [0.05, 0.1) is 24.0 Å². The Bertz CT molecular complexity index is 1680. The van der Waals surface area contributed by atoms with Crippen LogP contribution in [0.2, 0.25) is 0 Å². The van der Waals surface area contributed by atoms with Gasteiger partial charge in [-0.15, -0.1) is 0 Å². The fraction of sp³-hybridized carbons (Fsp3) is 0.438. The molecule has 1 N–H and O–H groups in total. The summed E-state index contributed by atoms with van der Waals surface area (Å²) in [7, 11) is 0. The summed E-state index contributed by atoms with van der Waals surface area (Å²) in [5.41, 5.74) is 1.48. The van der Waals surface area contributed by atoms with Crippen molar-refractivity contribution in [3.05, 3.63) is 82.8 Å². The summed E-state index contributed by atoms with van der Waals surface area (Å²) in [6.45, 7) is 5.14. The zero-order valence-electron chi connectivity index (χ0n) is 24.1. The normalized spacial score (nSPS) is 20.7. The van der Waals surface area contributed by atoms with Gasteiger partial charge in [0.15, 0.2) is 5.65 Å². The second kappa shape index (κ2) is 11.2. The molecular weight excluding hydrogens is 549 g/mol. The smallest absolute Gasteiger partial charge is 0.264 e. The highest BCUT2D eigenvalue weighted by atomic mass is 19.1. The van der Waals surface area contributed by atoms with Gasteiger partial charge in [0.1, 0.15) is 17.5 Å². The first kappa shape index (κ1) is 27.7. The third-order valence-electron chi connectivity index (χ3n) is 9.39. The average Bonchev–Trinajstić information content (AvgIpc) is 3.48. The highest BCUT2D eigenvalue weighted by Gasteiger charge is 2.35. The number of hydrogen-bond acceptors (Lipinski definition) is 7. The molecule has 11 heteroatoms. The van der Waals surface area contributed by atoms with Crippen molar-refractivity contribution in [2.75, 3.05) is 44.2 Å². The number of carbonyl (C=O) groups excluding carboxylic acids is 1. The van der Waals surface area contributed by atoms with Crippen LogP contribution in [0.15, 0.2) is 65.8 Å². The van der Waals surface area contributed by atoms with Crippen LogP contribution < -0.4 is 10.5 Å². The number of anilines is 1. The van der Waals surface area contributed by atoms with E-state index in [1.54, 1.807) is 9.58 Å². The van der Waals surface area contributed by atoms with Gasteiger partial charge in [0, 0.05) is 50.0 Å². The Morgan fingerprint density at radius 3 is 2.47 bits per heavy atom. The SMILES string of the molecule is O=C(c1ccc(F)cc1)N1CCC(O)(Cn2cnc3c(cnn3-c3ccc(N4CCN5CCCCC5C4)cc3)c2=O)CC1. The number of fused-ring (bicyclic) bond motifs is 2. The second-order valence-corrected chi connectivity index (χ2v) is 12.1. The number of halogens is 1. The Labute approximate surface area is 249 Å². The maximum atomic E-state index is 13.4. The number of aliphatic hydroxyl groups is 1. The van der Waals surface area contributed by atoms with E-state index in [0.717, 1.165) is 25.3 Å². The molecule has 5 heterocycles. The van der Waals surface area contributed by atoms with Crippen molar-refractivity contribution in [2.45, 2.75) is 50.3 Å². The van der Waals surface area contributed by atoms with Crippen LogP contribution in [-0.2, 0) is 6.54 Å². The van der Waals surface area contributed by atoms with E-state index in [1.807, 2.05) is 12.1 Å². The van der Waals surface area contributed by atoms with Crippen LogP contribution >= 0.6 is 0 Å². The van der Waals surface area contributed by atoms with Crippen molar-refractivity contribution in [1.29, 1.82) is 0 Å². The topological polar surface area (TPSA) is 99.7 Å². The number of nitrogens with zero attached hydrogens (tertiary/aromatic N) is 7. The number of amides is 1. The van der Waals surface area contributed by atoms with Crippen LogP contribution in [-0.4, -0.2) is 91.1 Å². The molecule has 7 rings (SSSR count). The van der Waals surface area contributed by atoms with Crippen molar-refractivity contribution >= 4 is 22.6 Å². The van der Waals surface area contributed by atoms with Crippen LogP contribution in [0.5, 0.6) is 0 Å². The molecule has 10 nitrogen and oxygen atoms in total. The molecule has 0 aliphatic carbocycles. The van der Waals surface area contributed by atoms with Crippen molar-refractivity contribution in [3.8, 4) is 5.69 Å². The molecule has 1 amide bonds. The molecule has 0 saturated carbocycles. The molecule has 0 radical (unpaired) electrons. The van der Waals surface area contributed by atoms with Crippen LogP contribution in [0.3, 0.4) is 0 Å². The molecule has 3 fully saturated rings. The van der Waals surface area contributed by atoms with Gasteiger partial charge < -0.3 is 14.9 Å². The zero-order chi connectivity index (χ0) is 29.6. The molecule has 3 aliphatic rings. The minimum absolute atomic E-state index is 0.0709. The first-order chi connectivity index (χ1) is 20.9. The number of carbonyl (C=O) groups is 1. The fourth-order valence-electron chi connectivity index (χ4n) is 6.82. The second-order valence-electron chi connectivity index (χ2n) is 12.1. The van der Waals surface area contributed by atoms with E-state index in [4.69, 9.17) is 0 Å². The molecule has 3 aliphatic heterocycles. The summed E-state index contributed by atoms with van der Waals surface area (Å²) in [5.74, 6) is -0.595. The summed E-state index contributed by atoms with van der Waals surface area (Å²) >= 11 is 0. The Morgan fingerprint density at radius 2 is 1.70 bits per heavy atom. The number of likely N-dealkylation sites (tertiary alicyclic amines) is 1. The number of aromatic nitrogens is 4. The monoisotopic (exact) mass is 585 g/mol. The third-order valence-corrected chi connectivity index (χ3v) is 9.39. The minimum Gasteiger partial charge on any atom is -0.388 e. The molecule has 2 aromatic heterocycles. The number of hydrogen-bond donors (Lipinski definition) is 1. The summed E-state index contributed by atoms with van der Waals surface area (Å²) in [6, 6.07) is 14.4. The first-order valence-electron chi connectivity index (χ1n) is 15.2. The molecule has 43 heavy (non-hydrogen) atoms. The molecule has 4 aromatic rings. The Balaban J connectivity index is 1.03. The van der Waals surface area contributed by atoms with E-state index in [2.05, 4.69) is 32.0 Å². The highest BCUT2D eigenvalue weighted by Crippen LogP contribution is 2.27. The van der Waals surface area contributed by atoms with E-state index in [-0.39, 0.29) is 18.0 Å². The van der Waals surface area contributed by atoms with Crippen LogP contribution in [0.4, 0.5) is 10.1 Å². The summed E-state index contributed by atoms with van der Waals surface area (Å²) in [5, 5.41) is 16.2. The fourth-order valence-corrected chi connectivity index (χ4v) is 6.82. The van der Waals surface area contributed by atoms with E-state index in [1.165, 1.54) is 72.9 Å². The van der Waals surface area contributed by atoms with Gasteiger partial charge >= 0.3 is 0 Å². The average molecular weight is 586 g/mol. The third kappa shape index (κ3) is 5.43. The molecule has 3 saturated heterocycles. The van der Waals surface area contributed by atoms with E-state index < -0.39 is 11.4 Å². The van der Waals surface area contributed by atoms with Gasteiger partial charge in [0.2, 0.25) is 0 Å². The molecule has 2 aromatic carbocycles. The Kier molecular flexibility index (Phi) is 7.22. The zero-order valence-corrected chi connectivity index (χ0v) is 24.1. The van der Waals surface area contributed by atoms with E-state index >= 15 is 0 Å². The lowest BCUT2D eigenvalue weighted by molar-refractivity contribution is -0.0299. The number of rotatable bonds is 5. The van der Waals surface area contributed by atoms with Gasteiger partial charge in [0.25, 0.3) is 11.5 Å². The van der Waals surface area contributed by atoms with Crippen LogP contribution in [0, 0.1) is 5.82 Å². The van der Waals surface area contributed by atoms with Gasteiger partial charge in [-0.3, -0.25) is 19.1 Å². The largest absolute Gasteiger partial charge is 0.388 e. The predicted octanol–water partition coefficient (Wildman–Crippen LogP) is 3.06. The lowest BCUT2D eigenvalue weighted by atomic mass is 9.91. The molecule has 1 unspecified atom stereocenters. The standard InChI is InChI=1S/C32H36FN7O3/c33-24-6-4-23(5-7-24)30(41)37-15-12-32(43,13-16-37)21-39-22-34-29-28(31(39)42)19-35-40(29)26-10-8-25(9-11-26)38-18-17-36-14-2-1-3-27(36)20-38/h4-11,19,22,27,43H,1-3,12-18,20-21H2. The lowest BCUT2D eigenvalue weighted by Gasteiger charge is -2.45. The maximum absolute atomic E-state index is 13.4. The number of piperidine rings is 2. The summed E-state index contributed by atoms with van der Waals surface area (Å²) < 4.78 is 16.4. The Hall–Kier alpha value is -4.09. The van der Waals surface area contributed by atoms with Crippen LogP contribution in [0.25, 0.3) is 16.7 Å². The van der Waals surface area contributed by atoms with E-state index in [9.17, 15) is 19.1 Å². The predicted molar refractivity (Wildman–Crippen MR) is 161 cm³/mol. The Morgan fingerprint density at radius 1 is 0.953 bits per heavy atom. The molecule has 0 bridgehead atoms. The minimum atomic E-state index is -1.16. The number of piperazine rings is 1. The lowest BCUT2D eigenvalue weighted by Crippen LogP contribution is -2.54. The van der Waals surface area contributed by atoms with Crippen molar-refractivity contribution < 1.29 is 14.3 Å². The molecule has 0 spiro atoms.